The van der Waals surface area contributed by atoms with Gasteiger partial charge in [-0.15, -0.1) is 0 Å². The van der Waals surface area contributed by atoms with Crippen LogP contribution in [0.2, 0.25) is 0 Å². The zero-order valence-corrected chi connectivity index (χ0v) is 39.3. The van der Waals surface area contributed by atoms with Crippen molar-refractivity contribution in [1.82, 2.24) is 0 Å². The molecule has 2 aromatic carbocycles. The molecule has 1 heterocycles. The monoisotopic (exact) mass is 859 g/mol. The second-order valence-electron chi connectivity index (χ2n) is 16.1. The summed E-state index contributed by atoms with van der Waals surface area (Å²) in [6.45, 7) is 20.5. The predicted octanol–water partition coefficient (Wildman–Crippen LogP) is 18.2. The average molecular weight is 860 g/mol. The fraction of sp³-hybridized carbons (Fsp3) is 0.660. The van der Waals surface area contributed by atoms with Crippen molar-refractivity contribution in [2.45, 2.75) is 228 Å². The molecule has 0 atom stereocenters. The first kappa shape index (κ1) is 54.2. The van der Waals surface area contributed by atoms with E-state index in [1.165, 1.54) is 150 Å². The van der Waals surface area contributed by atoms with Gasteiger partial charge >= 0.3 is 20.4 Å². The molecule has 2 aromatic rings. The SMILES string of the molecule is CCCCCCCCCCCCCCCCCc1cccc(C2=C(CCCC)C(CCCC)=C(c3ccc(CCCC)cc3)[N+]2=[N-])c1.[CH2-]CCC.[CH2-]CCC.[Pd+2]. The van der Waals surface area contributed by atoms with E-state index in [4.69, 9.17) is 0 Å². The second-order valence-corrected chi connectivity index (χ2v) is 16.1. The number of unbranched alkanes of at least 4 members (excludes halogenated alkanes) is 19. The van der Waals surface area contributed by atoms with Gasteiger partial charge in [0.05, 0.1) is 0 Å². The Labute approximate surface area is 363 Å². The molecule has 0 saturated carbocycles. The van der Waals surface area contributed by atoms with Crippen LogP contribution in [0.3, 0.4) is 0 Å². The second kappa shape index (κ2) is 37.5. The Bertz CT molecular complexity index is 1280. The maximum Gasteiger partial charge on any atom is 2.00 e. The number of aryl methyl sites for hydroxylation is 2. The van der Waals surface area contributed by atoms with Crippen LogP contribution in [0.4, 0.5) is 0 Å². The first-order valence-electron chi connectivity index (χ1n) is 23.7. The third kappa shape index (κ3) is 22.9. The number of nitrogens with zero attached hydrogens (tertiary/aromatic N) is 2. The van der Waals surface area contributed by atoms with Gasteiger partial charge in [0, 0.05) is 22.3 Å². The molecule has 3 heteroatoms. The Morgan fingerprint density at radius 1 is 0.411 bits per heavy atom. The van der Waals surface area contributed by atoms with Crippen molar-refractivity contribution >= 4 is 11.4 Å². The Hall–Kier alpha value is -1.82. The molecule has 0 unspecified atom stereocenters. The van der Waals surface area contributed by atoms with Gasteiger partial charge in [-0.05, 0) is 86.8 Å². The van der Waals surface area contributed by atoms with Crippen LogP contribution in [-0.2, 0) is 33.3 Å². The smallest absolute Gasteiger partial charge is 0.493 e. The summed E-state index contributed by atoms with van der Waals surface area (Å²) >= 11 is 0. The van der Waals surface area contributed by atoms with Crippen LogP contribution in [0, 0.1) is 13.8 Å². The number of hydrogen-bond acceptors (Lipinski definition) is 0. The number of allylic oxidation sites excluding steroid dienone is 2. The van der Waals surface area contributed by atoms with Crippen LogP contribution in [-0.4, -0.2) is 4.70 Å². The fourth-order valence-electron chi connectivity index (χ4n) is 7.28. The van der Waals surface area contributed by atoms with Crippen molar-refractivity contribution in [3.8, 4) is 0 Å². The minimum atomic E-state index is 0. The topological polar surface area (TPSA) is 25.3 Å². The maximum absolute atomic E-state index is 11.9. The number of rotatable bonds is 29. The number of benzene rings is 2. The van der Waals surface area contributed by atoms with E-state index in [2.05, 4.69) is 104 Å². The summed E-state index contributed by atoms with van der Waals surface area (Å²) in [7, 11) is 0. The standard InChI is InChI=1S/C45H70N2.2C4H9.Pd/c1-5-9-13-14-15-16-17-18-19-20-21-22-23-24-25-28-39-29-26-30-41(37-39)45-43(32-12-8-4)42(31-11-7-3)44(47(45)46)40-35-33-38(34-36-40)27-10-6-2;2*1-3-4-2;/h26,29-30,33-37H,5-25,27-28,31-32H2,1-4H3;2*1,3-4H2,2H3;/q;2*-1;+2. The van der Waals surface area contributed by atoms with Gasteiger partial charge in [-0.1, -0.05) is 188 Å². The molecule has 1 aliphatic heterocycles. The quantitative estimate of drug-likeness (QED) is 0.0337. The normalized spacial score (nSPS) is 12.3. The molecule has 320 valence electrons. The molecule has 0 aliphatic carbocycles. The summed E-state index contributed by atoms with van der Waals surface area (Å²) in [6, 6.07) is 18.1. The Kier molecular flexibility index (Phi) is 36.2. The minimum Gasteiger partial charge on any atom is -0.493 e. The van der Waals surface area contributed by atoms with Crippen LogP contribution in [0.5, 0.6) is 0 Å². The van der Waals surface area contributed by atoms with Crippen molar-refractivity contribution in [3.63, 3.8) is 0 Å². The van der Waals surface area contributed by atoms with Crippen molar-refractivity contribution in [2.24, 2.45) is 0 Å². The van der Waals surface area contributed by atoms with E-state index >= 15 is 0 Å². The van der Waals surface area contributed by atoms with Crippen LogP contribution in [0.25, 0.3) is 16.9 Å². The van der Waals surface area contributed by atoms with E-state index in [1.54, 1.807) is 4.70 Å². The third-order valence-electron chi connectivity index (χ3n) is 10.9. The number of hydrogen-bond donors (Lipinski definition) is 0. The molecule has 0 spiro atoms. The Balaban J connectivity index is 0.00000306. The minimum absolute atomic E-state index is 0. The van der Waals surface area contributed by atoms with Crippen LogP contribution in [0.1, 0.15) is 237 Å². The molecule has 0 aromatic heterocycles. The van der Waals surface area contributed by atoms with Crippen molar-refractivity contribution in [1.29, 1.82) is 0 Å². The van der Waals surface area contributed by atoms with E-state index < -0.39 is 0 Å². The first-order valence-corrected chi connectivity index (χ1v) is 23.7. The van der Waals surface area contributed by atoms with E-state index in [0.29, 0.717) is 0 Å². The molecule has 56 heavy (non-hydrogen) atoms. The average Bonchev–Trinajstić information content (AvgIpc) is 3.50. The van der Waals surface area contributed by atoms with Gasteiger partial charge in [0.25, 0.3) is 0 Å². The van der Waals surface area contributed by atoms with Gasteiger partial charge < -0.3 is 19.4 Å². The summed E-state index contributed by atoms with van der Waals surface area (Å²) in [6.07, 6.45) is 36.9. The first-order chi connectivity index (χ1) is 27.0. The summed E-state index contributed by atoms with van der Waals surface area (Å²) in [4.78, 5) is 0. The molecule has 0 radical (unpaired) electrons. The summed E-state index contributed by atoms with van der Waals surface area (Å²) in [5.41, 5.74) is 21.8. The van der Waals surface area contributed by atoms with E-state index in [9.17, 15) is 5.53 Å². The molecule has 0 saturated heterocycles. The van der Waals surface area contributed by atoms with Crippen molar-refractivity contribution < 1.29 is 25.1 Å². The molecular formula is C53H88N2Pd. The maximum atomic E-state index is 11.9. The molecule has 3 rings (SSSR count). The van der Waals surface area contributed by atoms with Gasteiger partial charge in [-0.3, -0.25) is 0 Å². The molecule has 0 N–H and O–H groups in total. The van der Waals surface area contributed by atoms with Crippen molar-refractivity contribution in [2.75, 3.05) is 0 Å². The zero-order valence-electron chi connectivity index (χ0n) is 37.7. The van der Waals surface area contributed by atoms with Crippen LogP contribution >= 0.6 is 0 Å². The molecule has 0 fully saturated rings. The third-order valence-corrected chi connectivity index (χ3v) is 10.9. The zero-order chi connectivity index (χ0) is 40.4. The van der Waals surface area contributed by atoms with Gasteiger partial charge in [0.2, 0.25) is 11.4 Å². The van der Waals surface area contributed by atoms with Gasteiger partial charge in [0.1, 0.15) is 0 Å². The van der Waals surface area contributed by atoms with Gasteiger partial charge in [-0.2, -0.15) is 12.8 Å². The summed E-state index contributed by atoms with van der Waals surface area (Å²) < 4.78 is 1.56. The van der Waals surface area contributed by atoms with E-state index in [1.807, 2.05) is 0 Å². The largest absolute Gasteiger partial charge is 2.00 e. The molecule has 1 aliphatic rings. The van der Waals surface area contributed by atoms with E-state index in [0.717, 1.165) is 81.2 Å². The fourth-order valence-corrected chi connectivity index (χ4v) is 7.28. The molecular weight excluding hydrogens is 771 g/mol. The Morgan fingerprint density at radius 3 is 1.21 bits per heavy atom. The van der Waals surface area contributed by atoms with Crippen molar-refractivity contribution in [3.05, 3.63) is 101 Å². The molecule has 0 amide bonds. The van der Waals surface area contributed by atoms with Gasteiger partial charge in [-0.25, -0.2) is 4.70 Å². The van der Waals surface area contributed by atoms with Crippen LogP contribution < -0.4 is 0 Å². The van der Waals surface area contributed by atoms with Gasteiger partial charge in [0.15, 0.2) is 0 Å². The summed E-state index contributed by atoms with van der Waals surface area (Å²) in [5.74, 6) is 0. The predicted molar refractivity (Wildman–Crippen MR) is 247 cm³/mol. The molecule has 0 bridgehead atoms. The van der Waals surface area contributed by atoms with E-state index in [-0.39, 0.29) is 20.4 Å². The molecule has 2 nitrogen and oxygen atoms in total. The van der Waals surface area contributed by atoms with Crippen LogP contribution in [0.15, 0.2) is 59.7 Å². The summed E-state index contributed by atoms with van der Waals surface area (Å²) in [5, 5.41) is 0. The Morgan fingerprint density at radius 2 is 0.786 bits per heavy atom.